The van der Waals surface area contributed by atoms with Crippen LogP contribution in [0.3, 0.4) is 0 Å². The molecule has 0 aliphatic carbocycles. The van der Waals surface area contributed by atoms with Gasteiger partial charge in [-0.05, 0) is 19.9 Å². The summed E-state index contributed by atoms with van der Waals surface area (Å²) in [6.07, 6.45) is 4.52. The zero-order valence-corrected chi connectivity index (χ0v) is 11.5. The molecule has 1 atom stereocenters. The molecule has 0 saturated carbocycles. The number of imidazole rings is 1. The minimum Gasteiger partial charge on any atom is -0.494 e. The van der Waals surface area contributed by atoms with Crippen molar-refractivity contribution in [3.63, 3.8) is 0 Å². The summed E-state index contributed by atoms with van der Waals surface area (Å²) >= 11 is 0. The highest BCUT2D eigenvalue weighted by atomic mass is 16.5. The Morgan fingerprint density at radius 1 is 1.37 bits per heavy atom. The van der Waals surface area contributed by atoms with E-state index in [0.717, 1.165) is 24.4 Å². The van der Waals surface area contributed by atoms with E-state index in [0.29, 0.717) is 6.61 Å². The summed E-state index contributed by atoms with van der Waals surface area (Å²) in [6, 6.07) is 8.45. The third-order valence-electron chi connectivity index (χ3n) is 3.09. The fraction of sp³-hybridized carbons (Fsp3) is 0.400. The van der Waals surface area contributed by atoms with E-state index in [2.05, 4.69) is 28.3 Å². The van der Waals surface area contributed by atoms with Crippen molar-refractivity contribution in [3.05, 3.63) is 48.0 Å². The molecule has 0 fully saturated rings. The van der Waals surface area contributed by atoms with E-state index in [9.17, 15) is 0 Å². The van der Waals surface area contributed by atoms with Crippen molar-refractivity contribution in [1.82, 2.24) is 15.3 Å². The highest BCUT2D eigenvalue weighted by molar-refractivity contribution is 5.35. The van der Waals surface area contributed by atoms with E-state index < -0.39 is 0 Å². The molecule has 1 unspecified atom stereocenters. The van der Waals surface area contributed by atoms with Gasteiger partial charge in [-0.2, -0.15) is 0 Å². The number of ether oxygens (including phenoxy) is 1. The third kappa shape index (κ3) is 3.83. The predicted molar refractivity (Wildman–Crippen MR) is 76.3 cm³/mol. The Balaban J connectivity index is 1.90. The van der Waals surface area contributed by atoms with Crippen LogP contribution in [0, 0.1) is 0 Å². The molecule has 2 aromatic rings. The first-order chi connectivity index (χ1) is 9.31. The summed E-state index contributed by atoms with van der Waals surface area (Å²) in [4.78, 5) is 7.12. The first-order valence-corrected chi connectivity index (χ1v) is 6.73. The molecular weight excluding hydrogens is 238 g/mol. The Kier molecular flexibility index (Phi) is 4.98. The van der Waals surface area contributed by atoms with Crippen molar-refractivity contribution < 1.29 is 4.74 Å². The second-order valence-electron chi connectivity index (χ2n) is 4.47. The highest BCUT2D eigenvalue weighted by Gasteiger charge is 2.10. The molecule has 4 heteroatoms. The molecule has 102 valence electrons. The first-order valence-electron chi connectivity index (χ1n) is 6.73. The number of para-hydroxylation sites is 1. The maximum Gasteiger partial charge on any atom is 0.124 e. The number of hydrogen-bond donors (Lipinski definition) is 2. The van der Waals surface area contributed by atoms with Crippen LogP contribution in [0.4, 0.5) is 0 Å². The molecular formula is C15H21N3O. The normalized spacial score (nSPS) is 12.3. The standard InChI is InChI=1S/C15H21N3O/c1-3-19-15-7-5-4-6-14(15)12(2)17-9-8-13-10-16-11-18-13/h4-7,10-12,17H,3,8-9H2,1-2H3,(H,16,18). The van der Waals surface area contributed by atoms with Gasteiger partial charge in [-0.25, -0.2) is 4.98 Å². The van der Waals surface area contributed by atoms with Gasteiger partial charge in [0, 0.05) is 36.5 Å². The Morgan fingerprint density at radius 3 is 2.95 bits per heavy atom. The lowest BCUT2D eigenvalue weighted by molar-refractivity contribution is 0.332. The zero-order valence-electron chi connectivity index (χ0n) is 11.5. The topological polar surface area (TPSA) is 49.9 Å². The molecule has 0 bridgehead atoms. The lowest BCUT2D eigenvalue weighted by Gasteiger charge is -2.17. The molecule has 4 nitrogen and oxygen atoms in total. The van der Waals surface area contributed by atoms with E-state index in [1.165, 1.54) is 5.56 Å². The number of nitrogens with zero attached hydrogens (tertiary/aromatic N) is 1. The number of nitrogens with one attached hydrogen (secondary N) is 2. The van der Waals surface area contributed by atoms with Crippen LogP contribution in [0.15, 0.2) is 36.8 Å². The molecule has 1 aromatic heterocycles. The molecule has 0 saturated heterocycles. The Labute approximate surface area is 114 Å². The van der Waals surface area contributed by atoms with Gasteiger partial charge in [-0.15, -0.1) is 0 Å². The predicted octanol–water partition coefficient (Wildman–Crippen LogP) is 2.70. The van der Waals surface area contributed by atoms with E-state index >= 15 is 0 Å². The zero-order chi connectivity index (χ0) is 13.5. The van der Waals surface area contributed by atoms with E-state index in [4.69, 9.17) is 4.74 Å². The van der Waals surface area contributed by atoms with Gasteiger partial charge in [0.2, 0.25) is 0 Å². The largest absolute Gasteiger partial charge is 0.494 e. The molecule has 0 aliphatic rings. The summed E-state index contributed by atoms with van der Waals surface area (Å²) in [6.45, 7) is 5.76. The van der Waals surface area contributed by atoms with Crippen molar-refractivity contribution in [2.75, 3.05) is 13.2 Å². The van der Waals surface area contributed by atoms with E-state index in [1.807, 2.05) is 31.3 Å². The minimum absolute atomic E-state index is 0.269. The average molecular weight is 259 g/mol. The molecule has 2 N–H and O–H groups in total. The summed E-state index contributed by atoms with van der Waals surface area (Å²) in [7, 11) is 0. The third-order valence-corrected chi connectivity index (χ3v) is 3.09. The number of aromatic nitrogens is 2. The van der Waals surface area contributed by atoms with Crippen molar-refractivity contribution in [2.45, 2.75) is 26.3 Å². The Bertz CT molecular complexity index is 482. The highest BCUT2D eigenvalue weighted by Crippen LogP contribution is 2.24. The average Bonchev–Trinajstić information content (AvgIpc) is 2.93. The van der Waals surface area contributed by atoms with Crippen LogP contribution in [0.5, 0.6) is 5.75 Å². The summed E-state index contributed by atoms with van der Waals surface area (Å²) < 4.78 is 5.65. The molecule has 2 rings (SSSR count). The summed E-state index contributed by atoms with van der Waals surface area (Å²) in [5.41, 5.74) is 2.35. The molecule has 1 aromatic carbocycles. The number of aromatic amines is 1. The Hall–Kier alpha value is -1.81. The van der Waals surface area contributed by atoms with Gasteiger partial charge < -0.3 is 15.0 Å². The number of hydrogen-bond acceptors (Lipinski definition) is 3. The van der Waals surface area contributed by atoms with Crippen LogP contribution in [-0.2, 0) is 6.42 Å². The quantitative estimate of drug-likeness (QED) is 0.803. The molecule has 19 heavy (non-hydrogen) atoms. The molecule has 0 amide bonds. The van der Waals surface area contributed by atoms with Crippen LogP contribution < -0.4 is 10.1 Å². The number of benzene rings is 1. The molecule has 0 spiro atoms. The Morgan fingerprint density at radius 2 is 2.21 bits per heavy atom. The fourth-order valence-electron chi connectivity index (χ4n) is 2.08. The maximum atomic E-state index is 5.65. The SMILES string of the molecule is CCOc1ccccc1C(C)NCCc1cnc[nH]1. The second kappa shape index (κ2) is 6.95. The first kappa shape index (κ1) is 13.6. The van der Waals surface area contributed by atoms with Crippen LogP contribution in [0.25, 0.3) is 0 Å². The van der Waals surface area contributed by atoms with Crippen molar-refractivity contribution in [2.24, 2.45) is 0 Å². The van der Waals surface area contributed by atoms with Crippen molar-refractivity contribution in [3.8, 4) is 5.75 Å². The minimum atomic E-state index is 0.269. The smallest absolute Gasteiger partial charge is 0.124 e. The van der Waals surface area contributed by atoms with Gasteiger partial charge in [0.25, 0.3) is 0 Å². The lowest BCUT2D eigenvalue weighted by atomic mass is 10.1. The lowest BCUT2D eigenvalue weighted by Crippen LogP contribution is -2.22. The second-order valence-corrected chi connectivity index (χ2v) is 4.47. The van der Waals surface area contributed by atoms with Crippen LogP contribution in [0.1, 0.15) is 31.1 Å². The summed E-state index contributed by atoms with van der Waals surface area (Å²) in [5, 5.41) is 3.51. The van der Waals surface area contributed by atoms with Gasteiger partial charge in [-0.3, -0.25) is 0 Å². The van der Waals surface area contributed by atoms with E-state index in [-0.39, 0.29) is 6.04 Å². The van der Waals surface area contributed by atoms with Gasteiger partial charge in [0.1, 0.15) is 5.75 Å². The van der Waals surface area contributed by atoms with Gasteiger partial charge in [0.05, 0.1) is 12.9 Å². The summed E-state index contributed by atoms with van der Waals surface area (Å²) in [5.74, 6) is 0.964. The van der Waals surface area contributed by atoms with Crippen molar-refractivity contribution in [1.29, 1.82) is 0 Å². The van der Waals surface area contributed by atoms with Crippen LogP contribution in [0.2, 0.25) is 0 Å². The molecule has 0 radical (unpaired) electrons. The van der Waals surface area contributed by atoms with Crippen LogP contribution in [-0.4, -0.2) is 23.1 Å². The molecule has 1 heterocycles. The van der Waals surface area contributed by atoms with Gasteiger partial charge in [0.15, 0.2) is 0 Å². The van der Waals surface area contributed by atoms with Crippen molar-refractivity contribution >= 4 is 0 Å². The number of rotatable bonds is 7. The monoisotopic (exact) mass is 259 g/mol. The maximum absolute atomic E-state index is 5.65. The van der Waals surface area contributed by atoms with Gasteiger partial charge in [-0.1, -0.05) is 18.2 Å². The van der Waals surface area contributed by atoms with Gasteiger partial charge >= 0.3 is 0 Å². The fourth-order valence-corrected chi connectivity index (χ4v) is 2.08. The molecule has 0 aliphatic heterocycles. The van der Waals surface area contributed by atoms with Crippen LogP contribution >= 0.6 is 0 Å². The van der Waals surface area contributed by atoms with E-state index in [1.54, 1.807) is 6.33 Å². The number of H-pyrrole nitrogens is 1.